The van der Waals surface area contributed by atoms with Crippen molar-refractivity contribution in [1.29, 1.82) is 5.26 Å². The summed E-state index contributed by atoms with van der Waals surface area (Å²) in [5, 5.41) is 14.2. The molecular weight excluding hydrogens is 496 g/mol. The van der Waals surface area contributed by atoms with Gasteiger partial charge in [-0.1, -0.05) is 28.1 Å². The van der Waals surface area contributed by atoms with Gasteiger partial charge >= 0.3 is 0 Å². The first kappa shape index (κ1) is 19.4. The lowest BCUT2D eigenvalue weighted by Crippen LogP contribution is -2.00. The van der Waals surface area contributed by atoms with Gasteiger partial charge in [0.25, 0.3) is 0 Å². The molecule has 142 valence electrons. The van der Waals surface area contributed by atoms with Crippen LogP contribution in [0.4, 0.5) is 11.6 Å². The molecule has 1 heterocycles. The number of anilines is 2. The molecule has 1 N–H and O–H groups in total. The van der Waals surface area contributed by atoms with E-state index in [2.05, 4.69) is 53.2 Å². The number of benzene rings is 3. The van der Waals surface area contributed by atoms with E-state index >= 15 is 0 Å². The highest BCUT2D eigenvalue weighted by Crippen LogP contribution is 2.38. The average molecular weight is 510 g/mol. The van der Waals surface area contributed by atoms with Crippen molar-refractivity contribution in [3.63, 3.8) is 0 Å². The molecule has 0 aliphatic heterocycles. The molecule has 0 spiro atoms. The highest BCUT2D eigenvalue weighted by atomic mass is 79.9. The Kier molecular flexibility index (Phi) is 5.47. The number of nitrogens with one attached hydrogen (secondary N) is 1. The Balaban J connectivity index is 1.63. The lowest BCUT2D eigenvalue weighted by molar-refractivity contribution is 0.460. The summed E-state index contributed by atoms with van der Waals surface area (Å²) in [5.41, 5.74) is 2.15. The minimum Gasteiger partial charge on any atom is -0.438 e. The van der Waals surface area contributed by atoms with Crippen molar-refractivity contribution in [3.8, 4) is 17.7 Å². The molecule has 1 aromatic heterocycles. The molecule has 0 amide bonds. The zero-order valence-electron chi connectivity index (χ0n) is 15.3. The van der Waals surface area contributed by atoms with Crippen LogP contribution in [0.5, 0.6) is 11.6 Å². The fraction of sp³-hybridized carbons (Fsp3) is 0.0455. The van der Waals surface area contributed by atoms with Crippen LogP contribution in [0.2, 0.25) is 0 Å². The van der Waals surface area contributed by atoms with Gasteiger partial charge in [-0.25, -0.2) is 4.98 Å². The van der Waals surface area contributed by atoms with Crippen LogP contribution in [0, 0.1) is 18.3 Å². The second-order valence-electron chi connectivity index (χ2n) is 6.30. The van der Waals surface area contributed by atoms with Gasteiger partial charge in [-0.15, -0.1) is 0 Å². The molecule has 3 aromatic carbocycles. The number of nitriles is 1. The topological polar surface area (TPSA) is 70.8 Å². The van der Waals surface area contributed by atoms with Crippen molar-refractivity contribution in [2.45, 2.75) is 6.92 Å². The predicted octanol–water partition coefficient (Wildman–Crippen LogP) is 6.87. The van der Waals surface area contributed by atoms with E-state index in [4.69, 9.17) is 10.00 Å². The molecular formula is C22H14Br2N4O. The predicted molar refractivity (Wildman–Crippen MR) is 121 cm³/mol. The molecule has 0 unspecified atom stereocenters. The zero-order chi connectivity index (χ0) is 20.4. The first-order valence-electron chi connectivity index (χ1n) is 8.71. The molecule has 4 rings (SSSR count). The molecule has 4 aromatic rings. The Morgan fingerprint density at radius 3 is 2.52 bits per heavy atom. The lowest BCUT2D eigenvalue weighted by Gasteiger charge is -2.12. The van der Waals surface area contributed by atoms with Crippen LogP contribution in [0.15, 0.2) is 69.6 Å². The molecule has 5 nitrogen and oxygen atoms in total. The molecule has 0 radical (unpaired) electrons. The Bertz CT molecular complexity index is 1250. The number of hydrogen-bond acceptors (Lipinski definition) is 5. The van der Waals surface area contributed by atoms with Crippen LogP contribution < -0.4 is 10.1 Å². The second kappa shape index (κ2) is 8.19. The molecule has 0 aliphatic carbocycles. The van der Waals surface area contributed by atoms with Crippen LogP contribution in [0.1, 0.15) is 11.3 Å². The number of halogens is 2. The summed E-state index contributed by atoms with van der Waals surface area (Å²) in [6.07, 6.45) is 0. The third-order valence-corrected chi connectivity index (χ3v) is 5.73. The van der Waals surface area contributed by atoms with E-state index in [1.165, 1.54) is 0 Å². The van der Waals surface area contributed by atoms with Crippen molar-refractivity contribution in [1.82, 2.24) is 9.97 Å². The van der Waals surface area contributed by atoms with Gasteiger partial charge in [0.1, 0.15) is 5.75 Å². The number of fused-ring (bicyclic) bond motifs is 1. The van der Waals surface area contributed by atoms with Gasteiger partial charge in [0.05, 0.1) is 16.1 Å². The van der Waals surface area contributed by atoms with Crippen molar-refractivity contribution in [2.75, 3.05) is 5.32 Å². The van der Waals surface area contributed by atoms with Gasteiger partial charge in [-0.05, 0) is 70.7 Å². The van der Waals surface area contributed by atoms with E-state index in [-0.39, 0.29) is 0 Å². The summed E-state index contributed by atoms with van der Waals surface area (Å²) in [4.78, 5) is 8.88. The molecule has 0 saturated carbocycles. The normalized spacial score (nSPS) is 10.6. The molecule has 29 heavy (non-hydrogen) atoms. The highest BCUT2D eigenvalue weighted by molar-refractivity contribution is 9.11. The van der Waals surface area contributed by atoms with Crippen molar-refractivity contribution in [2.24, 2.45) is 0 Å². The summed E-state index contributed by atoms with van der Waals surface area (Å²) in [7, 11) is 0. The largest absolute Gasteiger partial charge is 0.438 e. The maximum Gasteiger partial charge on any atom is 0.230 e. The fourth-order valence-electron chi connectivity index (χ4n) is 2.86. The van der Waals surface area contributed by atoms with E-state index < -0.39 is 0 Å². The summed E-state index contributed by atoms with van der Waals surface area (Å²) in [5.74, 6) is 1.52. The van der Waals surface area contributed by atoms with E-state index in [9.17, 15) is 0 Å². The zero-order valence-corrected chi connectivity index (χ0v) is 18.5. The smallest absolute Gasteiger partial charge is 0.230 e. The first-order valence-corrected chi connectivity index (χ1v) is 10.3. The standard InChI is InChI=1S/C22H14Br2N4O/c1-13-11-20(28-22(26-13)27-15-7-5-14(12-25)6-8-15)29-19-10-9-16-17(21(19)24)3-2-4-18(16)23/h2-11H,1H3,(H,26,27,28). The third-order valence-electron chi connectivity index (χ3n) is 4.22. The van der Waals surface area contributed by atoms with Crippen LogP contribution in [0.25, 0.3) is 10.8 Å². The number of ether oxygens (including phenoxy) is 1. The van der Waals surface area contributed by atoms with Crippen molar-refractivity contribution in [3.05, 3.63) is 80.9 Å². The van der Waals surface area contributed by atoms with E-state index in [1.54, 1.807) is 18.2 Å². The highest BCUT2D eigenvalue weighted by Gasteiger charge is 2.11. The Morgan fingerprint density at radius 1 is 0.966 bits per heavy atom. The average Bonchev–Trinajstić information content (AvgIpc) is 2.71. The number of rotatable bonds is 4. The molecule has 0 aliphatic rings. The summed E-state index contributed by atoms with van der Waals surface area (Å²) >= 11 is 7.22. The Morgan fingerprint density at radius 2 is 1.76 bits per heavy atom. The van der Waals surface area contributed by atoms with Crippen LogP contribution in [-0.4, -0.2) is 9.97 Å². The number of aryl methyl sites for hydroxylation is 1. The van der Waals surface area contributed by atoms with E-state index in [0.717, 1.165) is 31.1 Å². The SMILES string of the molecule is Cc1cc(Oc2ccc3c(Br)cccc3c2Br)nc(Nc2ccc(C#N)cc2)n1. The molecule has 7 heteroatoms. The van der Waals surface area contributed by atoms with Crippen LogP contribution >= 0.6 is 31.9 Å². The Hall–Kier alpha value is -2.95. The Labute approximate surface area is 184 Å². The summed E-state index contributed by atoms with van der Waals surface area (Å²) < 4.78 is 7.93. The van der Waals surface area contributed by atoms with Gasteiger partial charge in [0.15, 0.2) is 0 Å². The van der Waals surface area contributed by atoms with Gasteiger partial charge in [0.2, 0.25) is 11.8 Å². The number of aromatic nitrogens is 2. The van der Waals surface area contributed by atoms with E-state index in [0.29, 0.717) is 23.1 Å². The molecule has 0 fully saturated rings. The van der Waals surface area contributed by atoms with Gasteiger partial charge in [-0.3, -0.25) is 0 Å². The quantitative estimate of drug-likeness (QED) is 0.325. The van der Waals surface area contributed by atoms with Crippen LogP contribution in [0.3, 0.4) is 0 Å². The third kappa shape index (κ3) is 4.24. The minimum atomic E-state index is 0.421. The lowest BCUT2D eigenvalue weighted by atomic mass is 10.1. The number of nitrogens with zero attached hydrogens (tertiary/aromatic N) is 3. The number of hydrogen-bond donors (Lipinski definition) is 1. The van der Waals surface area contributed by atoms with Crippen molar-refractivity contribution >= 4 is 54.3 Å². The molecule has 0 bridgehead atoms. The second-order valence-corrected chi connectivity index (χ2v) is 7.95. The summed E-state index contributed by atoms with van der Waals surface area (Å²) in [6, 6.07) is 20.9. The maximum absolute atomic E-state index is 8.92. The summed E-state index contributed by atoms with van der Waals surface area (Å²) in [6.45, 7) is 1.88. The van der Waals surface area contributed by atoms with Crippen LogP contribution in [-0.2, 0) is 0 Å². The maximum atomic E-state index is 8.92. The van der Waals surface area contributed by atoms with Gasteiger partial charge < -0.3 is 10.1 Å². The minimum absolute atomic E-state index is 0.421. The monoisotopic (exact) mass is 508 g/mol. The first-order chi connectivity index (χ1) is 14.0. The van der Waals surface area contributed by atoms with Gasteiger partial charge in [-0.2, -0.15) is 10.2 Å². The molecule has 0 saturated heterocycles. The van der Waals surface area contributed by atoms with E-state index in [1.807, 2.05) is 49.4 Å². The van der Waals surface area contributed by atoms with Gasteiger partial charge in [0, 0.05) is 27.3 Å². The fourth-order valence-corrected chi connectivity index (χ4v) is 3.92. The van der Waals surface area contributed by atoms with Crippen molar-refractivity contribution < 1.29 is 4.74 Å². The molecule has 0 atom stereocenters.